The number of nitrogens with one attached hydrogen (secondary N) is 3. The average Bonchev–Trinajstić information content (AvgIpc) is 3.25. The Morgan fingerprint density at radius 3 is 2.39 bits per heavy atom. The van der Waals surface area contributed by atoms with Gasteiger partial charge in [-0.3, -0.25) is 9.89 Å². The van der Waals surface area contributed by atoms with Crippen LogP contribution in [0, 0.1) is 0 Å². The third-order valence-corrected chi connectivity index (χ3v) is 5.29. The maximum atomic E-state index is 13.2. The van der Waals surface area contributed by atoms with Crippen LogP contribution in [0.25, 0.3) is 22.2 Å². The fraction of sp³-hybridized carbons (Fsp3) is 0.217. The minimum Gasteiger partial charge on any atom is -0.481 e. The van der Waals surface area contributed by atoms with Crippen molar-refractivity contribution in [3.05, 3.63) is 59.9 Å². The molecule has 1 amide bonds. The summed E-state index contributed by atoms with van der Waals surface area (Å²) in [5.74, 6) is -1.44. The van der Waals surface area contributed by atoms with E-state index in [2.05, 4.69) is 30.2 Å². The number of aromatic nitrogens is 4. The fourth-order valence-corrected chi connectivity index (χ4v) is 3.47. The summed E-state index contributed by atoms with van der Waals surface area (Å²) in [5.41, 5.74) is 0.581. The Balaban J connectivity index is 1.47. The smallest absolute Gasteiger partial charge is 0.433 e. The van der Waals surface area contributed by atoms with Crippen LogP contribution in [-0.4, -0.2) is 50.7 Å². The highest BCUT2D eigenvalue weighted by atomic mass is 19.4. The number of alkyl halides is 6. The summed E-state index contributed by atoms with van der Waals surface area (Å²) in [7, 11) is 1.05. The van der Waals surface area contributed by atoms with Gasteiger partial charge in [0.15, 0.2) is 11.5 Å². The van der Waals surface area contributed by atoms with E-state index in [0.717, 1.165) is 19.4 Å². The van der Waals surface area contributed by atoms with Gasteiger partial charge in [0.05, 0.1) is 30.8 Å². The standard InChI is InChI=1S/C23H18F6N6O3/c1-38-20-16(22(24,25)26)8-14(10-31-20)32-17(36)6-11-2-4-12(5-3-11)13-7-15-18(30-9-13)34-35-19(15)33-21(37)23(27,28)29/h2-5,7-10,21,37H,6H2,1H3,(H,32,36)(H2,30,33,34,35). The van der Waals surface area contributed by atoms with Gasteiger partial charge in [-0.1, -0.05) is 24.3 Å². The normalized spacial score (nSPS) is 12.8. The molecule has 1 atom stereocenters. The summed E-state index contributed by atoms with van der Waals surface area (Å²) in [6.07, 6.45) is -10.1. The van der Waals surface area contributed by atoms with Gasteiger partial charge in [0.25, 0.3) is 0 Å². The Hall–Kier alpha value is -4.40. The van der Waals surface area contributed by atoms with Crippen molar-refractivity contribution in [2.75, 3.05) is 17.7 Å². The summed E-state index contributed by atoms with van der Waals surface area (Å²) >= 11 is 0. The Morgan fingerprint density at radius 2 is 1.76 bits per heavy atom. The number of rotatable bonds is 7. The van der Waals surface area contributed by atoms with E-state index in [1.165, 1.54) is 12.3 Å². The molecule has 1 aromatic carbocycles. The number of amides is 1. The van der Waals surface area contributed by atoms with Crippen LogP contribution in [0.5, 0.6) is 5.88 Å². The number of hydrogen-bond acceptors (Lipinski definition) is 7. The molecule has 0 saturated carbocycles. The van der Waals surface area contributed by atoms with Crippen LogP contribution in [0.4, 0.5) is 37.8 Å². The van der Waals surface area contributed by atoms with Crippen molar-refractivity contribution in [1.29, 1.82) is 0 Å². The molecular weight excluding hydrogens is 522 g/mol. The third-order valence-electron chi connectivity index (χ3n) is 5.29. The molecule has 38 heavy (non-hydrogen) atoms. The van der Waals surface area contributed by atoms with Gasteiger partial charge >= 0.3 is 12.4 Å². The number of pyridine rings is 2. The van der Waals surface area contributed by atoms with Crippen molar-refractivity contribution in [2.45, 2.75) is 25.0 Å². The predicted molar refractivity (Wildman–Crippen MR) is 123 cm³/mol. The molecule has 0 radical (unpaired) electrons. The van der Waals surface area contributed by atoms with Crippen molar-refractivity contribution in [3.63, 3.8) is 0 Å². The van der Waals surface area contributed by atoms with Crippen molar-refractivity contribution in [2.24, 2.45) is 0 Å². The lowest BCUT2D eigenvalue weighted by Gasteiger charge is -2.15. The first-order valence-electron chi connectivity index (χ1n) is 10.7. The molecule has 0 bridgehead atoms. The molecule has 9 nitrogen and oxygen atoms in total. The quantitative estimate of drug-likeness (QED) is 0.201. The molecule has 0 aliphatic carbocycles. The number of methoxy groups -OCH3 is 1. The Bertz CT molecular complexity index is 1450. The second-order valence-corrected chi connectivity index (χ2v) is 7.98. The molecule has 0 aliphatic heterocycles. The van der Waals surface area contributed by atoms with E-state index in [0.29, 0.717) is 16.7 Å². The number of ether oxygens (including phenoxy) is 1. The van der Waals surface area contributed by atoms with Crippen molar-refractivity contribution in [3.8, 4) is 17.0 Å². The SMILES string of the molecule is COc1ncc(NC(=O)Cc2ccc(-c3cnc4[nH]nc(NC(O)C(F)(F)F)c4c3)cc2)cc1C(F)(F)F. The van der Waals surface area contributed by atoms with Crippen LogP contribution in [0.3, 0.4) is 0 Å². The number of aliphatic hydroxyl groups is 1. The highest BCUT2D eigenvalue weighted by molar-refractivity contribution is 5.93. The van der Waals surface area contributed by atoms with E-state index in [9.17, 15) is 36.2 Å². The number of carbonyl (C=O) groups excluding carboxylic acids is 1. The number of nitrogens with zero attached hydrogens (tertiary/aromatic N) is 3. The van der Waals surface area contributed by atoms with Gasteiger partial charge in [0.1, 0.15) is 5.56 Å². The van der Waals surface area contributed by atoms with Gasteiger partial charge in [-0.2, -0.15) is 31.4 Å². The summed E-state index contributed by atoms with van der Waals surface area (Å²) in [6, 6.07) is 8.74. The zero-order chi connectivity index (χ0) is 27.7. The van der Waals surface area contributed by atoms with Crippen LogP contribution < -0.4 is 15.4 Å². The van der Waals surface area contributed by atoms with Crippen molar-refractivity contribution < 1.29 is 41.0 Å². The first kappa shape index (κ1) is 26.7. The highest BCUT2D eigenvalue weighted by Crippen LogP contribution is 2.36. The van der Waals surface area contributed by atoms with E-state index in [1.807, 2.05) is 5.32 Å². The van der Waals surface area contributed by atoms with Crippen LogP contribution in [0.15, 0.2) is 48.8 Å². The third kappa shape index (κ3) is 5.94. The first-order valence-corrected chi connectivity index (χ1v) is 10.7. The van der Waals surface area contributed by atoms with Crippen LogP contribution in [0.1, 0.15) is 11.1 Å². The van der Waals surface area contributed by atoms with E-state index in [1.54, 1.807) is 24.3 Å². The monoisotopic (exact) mass is 540 g/mol. The molecule has 0 fully saturated rings. The van der Waals surface area contributed by atoms with Gasteiger partial charge < -0.3 is 20.5 Å². The largest absolute Gasteiger partial charge is 0.481 e. The minimum atomic E-state index is -4.90. The van der Waals surface area contributed by atoms with Crippen LogP contribution >= 0.6 is 0 Å². The lowest BCUT2D eigenvalue weighted by atomic mass is 10.0. The number of hydrogen-bond donors (Lipinski definition) is 4. The maximum Gasteiger partial charge on any atom is 0.433 e. The van der Waals surface area contributed by atoms with Gasteiger partial charge in [-0.25, -0.2) is 9.97 Å². The maximum absolute atomic E-state index is 13.2. The zero-order valence-electron chi connectivity index (χ0n) is 19.3. The van der Waals surface area contributed by atoms with E-state index in [-0.39, 0.29) is 29.0 Å². The molecule has 0 spiro atoms. The van der Waals surface area contributed by atoms with Gasteiger partial charge in [-0.15, -0.1) is 0 Å². The van der Waals surface area contributed by atoms with E-state index in [4.69, 9.17) is 0 Å². The Morgan fingerprint density at radius 1 is 1.05 bits per heavy atom. The van der Waals surface area contributed by atoms with Gasteiger partial charge in [0.2, 0.25) is 18.0 Å². The number of H-pyrrole nitrogens is 1. The Kier molecular flexibility index (Phi) is 7.13. The lowest BCUT2D eigenvalue weighted by Crippen LogP contribution is -2.35. The Labute approximate surface area is 209 Å². The highest BCUT2D eigenvalue weighted by Gasteiger charge is 2.39. The molecule has 4 aromatic rings. The molecule has 1 unspecified atom stereocenters. The molecule has 3 heterocycles. The summed E-state index contributed by atoms with van der Waals surface area (Å²) in [5, 5.41) is 19.9. The van der Waals surface area contributed by atoms with Gasteiger partial charge in [-0.05, 0) is 23.3 Å². The number of aromatic amines is 1. The molecule has 200 valence electrons. The van der Waals surface area contributed by atoms with Crippen molar-refractivity contribution in [1.82, 2.24) is 20.2 Å². The zero-order valence-corrected chi connectivity index (χ0v) is 19.3. The van der Waals surface area contributed by atoms with Gasteiger partial charge in [0, 0.05) is 11.8 Å². The average molecular weight is 540 g/mol. The number of carbonyl (C=O) groups is 1. The number of anilines is 2. The minimum absolute atomic E-state index is 0.153. The van der Waals surface area contributed by atoms with E-state index < -0.39 is 35.9 Å². The number of benzene rings is 1. The topological polar surface area (TPSA) is 125 Å². The second-order valence-electron chi connectivity index (χ2n) is 7.98. The predicted octanol–water partition coefficient (Wildman–Crippen LogP) is 4.52. The van der Waals surface area contributed by atoms with Crippen LogP contribution in [0.2, 0.25) is 0 Å². The van der Waals surface area contributed by atoms with Crippen LogP contribution in [-0.2, 0) is 17.4 Å². The van der Waals surface area contributed by atoms with E-state index >= 15 is 0 Å². The molecule has 0 aliphatic rings. The summed E-state index contributed by atoms with van der Waals surface area (Å²) in [4.78, 5) is 20.1. The first-order chi connectivity index (χ1) is 17.8. The number of fused-ring (bicyclic) bond motifs is 1. The molecule has 4 rings (SSSR count). The lowest BCUT2D eigenvalue weighted by molar-refractivity contribution is -0.194. The van der Waals surface area contributed by atoms with Crippen molar-refractivity contribution >= 4 is 28.4 Å². The number of halogens is 6. The molecule has 3 aromatic heterocycles. The summed E-state index contributed by atoms with van der Waals surface area (Å²) < 4.78 is 82.2. The molecule has 0 saturated heterocycles. The fourth-order valence-electron chi connectivity index (χ4n) is 3.47. The molecular formula is C23H18F6N6O3. The summed E-state index contributed by atoms with van der Waals surface area (Å²) in [6.45, 7) is 0. The number of aliphatic hydroxyl groups excluding tert-OH is 1. The molecule has 15 heteroatoms. The second kappa shape index (κ2) is 10.2. The molecule has 4 N–H and O–H groups in total.